The van der Waals surface area contributed by atoms with Gasteiger partial charge in [0.15, 0.2) is 0 Å². The van der Waals surface area contributed by atoms with E-state index in [0.717, 1.165) is 18.4 Å². The number of ketones is 1. The fourth-order valence-corrected chi connectivity index (χ4v) is 4.19. The maximum atomic E-state index is 12.9. The molecule has 0 saturated carbocycles. The van der Waals surface area contributed by atoms with Gasteiger partial charge in [-0.3, -0.25) is 4.79 Å². The lowest BCUT2D eigenvalue weighted by Crippen LogP contribution is -2.19. The van der Waals surface area contributed by atoms with Gasteiger partial charge in [0.1, 0.15) is 5.78 Å². The molecule has 2 aliphatic rings. The zero-order valence-corrected chi connectivity index (χ0v) is 14.5. The van der Waals surface area contributed by atoms with Crippen LogP contribution in [0.1, 0.15) is 54.7 Å². The molecule has 25 heavy (non-hydrogen) atoms. The van der Waals surface area contributed by atoms with E-state index in [4.69, 9.17) is 4.74 Å². The molecular formula is C23H24O2. The molecule has 0 heterocycles. The minimum absolute atomic E-state index is 0.0216. The Balaban J connectivity index is 1.39. The lowest BCUT2D eigenvalue weighted by molar-refractivity contribution is -0.121. The molecule has 1 atom stereocenters. The number of fused-ring (bicyclic) bond motifs is 2. The molecular weight excluding hydrogens is 308 g/mol. The zero-order valence-electron chi connectivity index (χ0n) is 14.5. The van der Waals surface area contributed by atoms with Gasteiger partial charge in [0.2, 0.25) is 0 Å². The highest BCUT2D eigenvalue weighted by Crippen LogP contribution is 2.46. The highest BCUT2D eigenvalue weighted by Gasteiger charge is 2.32. The fraction of sp³-hybridized carbons (Fsp3) is 0.348. The molecule has 2 aliphatic carbocycles. The molecule has 4 rings (SSSR count). The summed E-state index contributed by atoms with van der Waals surface area (Å²) < 4.78 is 5.72. The first kappa shape index (κ1) is 16.3. The minimum Gasteiger partial charge on any atom is -0.376 e. The molecule has 1 unspecified atom stereocenters. The Morgan fingerprint density at radius 3 is 2.68 bits per heavy atom. The van der Waals surface area contributed by atoms with Crippen molar-refractivity contribution in [3.8, 4) is 0 Å². The second kappa shape index (κ2) is 7.37. The standard InChI is InChI=1S/C23H24O2/c24-23(13-14-25-16-17-7-2-1-3-8-17)22-15-18-9-6-12-19(18)20-10-4-5-11-21(20)22/h1-5,7-8,10-11,22H,6,9,12-16H2. The lowest BCUT2D eigenvalue weighted by atomic mass is 9.77. The number of allylic oxidation sites excluding steroid dienone is 2. The molecule has 0 N–H and O–H groups in total. The summed E-state index contributed by atoms with van der Waals surface area (Å²) in [5.74, 6) is 0.340. The summed E-state index contributed by atoms with van der Waals surface area (Å²) in [5, 5.41) is 0. The zero-order chi connectivity index (χ0) is 17.1. The van der Waals surface area contributed by atoms with Crippen molar-refractivity contribution in [2.24, 2.45) is 0 Å². The third-order valence-corrected chi connectivity index (χ3v) is 5.44. The van der Waals surface area contributed by atoms with E-state index < -0.39 is 0 Å². The van der Waals surface area contributed by atoms with E-state index in [2.05, 4.69) is 24.3 Å². The average Bonchev–Trinajstić information content (AvgIpc) is 3.14. The van der Waals surface area contributed by atoms with Crippen LogP contribution in [0.2, 0.25) is 0 Å². The van der Waals surface area contributed by atoms with E-state index in [0.29, 0.717) is 25.4 Å². The van der Waals surface area contributed by atoms with Crippen LogP contribution in [0.3, 0.4) is 0 Å². The van der Waals surface area contributed by atoms with E-state index in [1.807, 2.05) is 30.3 Å². The van der Waals surface area contributed by atoms with Gasteiger partial charge < -0.3 is 4.74 Å². The SMILES string of the molecule is O=C(CCOCc1ccccc1)C1CC2=C(CCC2)c2ccccc21. The molecule has 0 saturated heterocycles. The first-order valence-electron chi connectivity index (χ1n) is 9.27. The van der Waals surface area contributed by atoms with E-state index >= 15 is 0 Å². The monoisotopic (exact) mass is 332 g/mol. The summed E-state index contributed by atoms with van der Waals surface area (Å²) in [6.07, 6.45) is 4.99. The topological polar surface area (TPSA) is 26.3 Å². The summed E-state index contributed by atoms with van der Waals surface area (Å²) in [7, 11) is 0. The number of Topliss-reactive ketones (excluding diaryl/α,β-unsaturated/α-hetero) is 1. The van der Waals surface area contributed by atoms with Gasteiger partial charge in [-0.1, -0.05) is 60.2 Å². The Morgan fingerprint density at radius 2 is 1.80 bits per heavy atom. The average molecular weight is 332 g/mol. The Morgan fingerprint density at radius 1 is 1.00 bits per heavy atom. The largest absolute Gasteiger partial charge is 0.376 e. The summed E-state index contributed by atoms with van der Waals surface area (Å²) in [6.45, 7) is 1.07. The van der Waals surface area contributed by atoms with Crippen molar-refractivity contribution in [1.82, 2.24) is 0 Å². The number of carbonyl (C=O) groups is 1. The molecule has 2 heteroatoms. The van der Waals surface area contributed by atoms with Gasteiger partial charge >= 0.3 is 0 Å². The number of carbonyl (C=O) groups excluding carboxylic acids is 1. The van der Waals surface area contributed by atoms with Gasteiger partial charge in [-0.2, -0.15) is 0 Å². The highest BCUT2D eigenvalue weighted by molar-refractivity contribution is 5.90. The number of ether oxygens (including phenoxy) is 1. The Kier molecular flexibility index (Phi) is 4.80. The van der Waals surface area contributed by atoms with Crippen molar-refractivity contribution in [2.45, 2.75) is 44.6 Å². The molecule has 128 valence electrons. The molecule has 2 aromatic carbocycles. The first-order valence-corrected chi connectivity index (χ1v) is 9.27. The van der Waals surface area contributed by atoms with E-state index in [-0.39, 0.29) is 5.92 Å². The first-order chi connectivity index (χ1) is 12.3. The Bertz CT molecular complexity index is 789. The van der Waals surface area contributed by atoms with Crippen molar-refractivity contribution in [3.63, 3.8) is 0 Å². The second-order valence-corrected chi connectivity index (χ2v) is 7.03. The summed E-state index contributed by atoms with van der Waals surface area (Å²) in [4.78, 5) is 12.9. The fourth-order valence-electron chi connectivity index (χ4n) is 4.19. The van der Waals surface area contributed by atoms with Crippen LogP contribution in [-0.4, -0.2) is 12.4 Å². The third-order valence-electron chi connectivity index (χ3n) is 5.44. The molecule has 0 amide bonds. The third kappa shape index (κ3) is 3.45. The van der Waals surface area contributed by atoms with Crippen LogP contribution in [0.5, 0.6) is 0 Å². The molecule has 0 fully saturated rings. The number of hydrogen-bond acceptors (Lipinski definition) is 2. The van der Waals surface area contributed by atoms with Crippen LogP contribution < -0.4 is 0 Å². The summed E-state index contributed by atoms with van der Waals surface area (Å²) in [6, 6.07) is 18.6. The maximum Gasteiger partial charge on any atom is 0.142 e. The maximum absolute atomic E-state index is 12.9. The van der Waals surface area contributed by atoms with E-state index in [9.17, 15) is 4.79 Å². The predicted molar refractivity (Wildman–Crippen MR) is 100 cm³/mol. The van der Waals surface area contributed by atoms with Crippen LogP contribution in [0, 0.1) is 0 Å². The molecule has 0 spiro atoms. The highest BCUT2D eigenvalue weighted by atomic mass is 16.5. The normalized spacial score (nSPS) is 18.8. The van der Waals surface area contributed by atoms with E-state index in [1.54, 1.807) is 0 Å². The van der Waals surface area contributed by atoms with Crippen LogP contribution in [0.25, 0.3) is 5.57 Å². The van der Waals surface area contributed by atoms with Gasteiger partial charge in [-0.15, -0.1) is 0 Å². The number of rotatable bonds is 6. The summed E-state index contributed by atoms with van der Waals surface area (Å²) in [5.41, 5.74) is 6.74. The number of hydrogen-bond donors (Lipinski definition) is 0. The Hall–Kier alpha value is -2.19. The molecule has 2 nitrogen and oxygen atoms in total. The quantitative estimate of drug-likeness (QED) is 0.672. The van der Waals surface area contributed by atoms with Gasteiger partial charge in [0, 0.05) is 12.3 Å². The smallest absolute Gasteiger partial charge is 0.142 e. The van der Waals surface area contributed by atoms with Crippen molar-refractivity contribution in [1.29, 1.82) is 0 Å². The van der Waals surface area contributed by atoms with Gasteiger partial charge in [0.05, 0.1) is 13.2 Å². The Labute approximate surface area is 149 Å². The molecule has 0 aromatic heterocycles. The van der Waals surface area contributed by atoms with Gasteiger partial charge in [0.25, 0.3) is 0 Å². The lowest BCUT2D eigenvalue weighted by Gasteiger charge is -2.26. The van der Waals surface area contributed by atoms with Gasteiger partial charge in [-0.25, -0.2) is 0 Å². The van der Waals surface area contributed by atoms with Crippen molar-refractivity contribution in [2.75, 3.05) is 6.61 Å². The number of benzene rings is 2. The summed E-state index contributed by atoms with van der Waals surface area (Å²) >= 11 is 0. The second-order valence-electron chi connectivity index (χ2n) is 7.03. The van der Waals surface area contributed by atoms with Crippen LogP contribution >= 0.6 is 0 Å². The van der Waals surface area contributed by atoms with Crippen LogP contribution in [-0.2, 0) is 16.1 Å². The van der Waals surface area contributed by atoms with E-state index in [1.165, 1.54) is 35.1 Å². The van der Waals surface area contributed by atoms with Crippen molar-refractivity contribution < 1.29 is 9.53 Å². The minimum atomic E-state index is 0.0216. The molecule has 2 aromatic rings. The molecule has 0 aliphatic heterocycles. The van der Waals surface area contributed by atoms with Crippen molar-refractivity contribution >= 4 is 11.4 Å². The van der Waals surface area contributed by atoms with Gasteiger partial charge in [-0.05, 0) is 47.9 Å². The van der Waals surface area contributed by atoms with Crippen molar-refractivity contribution in [3.05, 3.63) is 76.9 Å². The molecule has 0 bridgehead atoms. The molecule has 0 radical (unpaired) electrons. The van der Waals surface area contributed by atoms with Crippen LogP contribution in [0.15, 0.2) is 60.2 Å². The predicted octanol–water partition coefficient (Wildman–Crippen LogP) is 5.29. The van der Waals surface area contributed by atoms with Crippen LogP contribution in [0.4, 0.5) is 0 Å².